The maximum Gasteiger partial charge on any atom is 0.417 e. The van der Waals surface area contributed by atoms with Crippen LogP contribution in [0.3, 0.4) is 0 Å². The van der Waals surface area contributed by atoms with Crippen LogP contribution >= 0.6 is 0 Å². The van der Waals surface area contributed by atoms with E-state index in [0.29, 0.717) is 29.6 Å². The number of carbonyl (C=O) groups excluding carboxylic acids is 1. The molecule has 3 N–H and O–H groups in total. The van der Waals surface area contributed by atoms with E-state index >= 15 is 0 Å². The van der Waals surface area contributed by atoms with Gasteiger partial charge in [-0.15, -0.1) is 0 Å². The molecule has 0 saturated carbocycles. The number of amides is 1. The zero-order chi connectivity index (χ0) is 27.2. The number of quaternary nitrogens is 1. The molecule has 0 radical (unpaired) electrons. The standard InChI is InChI=1S/C27H31F4N2O4/c1-25(2,22-12-18(28)4-7-24(22)37-3)15-26(36,27(29,30)31)13-19-10-17-11-20(5-6-23(17)32-19)33(16-34)9-8-21(35)14-33/h4-7,10-12,16,21,32,35-36H,8-9,13-15H2,1-3H3/q+1. The van der Waals surface area contributed by atoms with Crippen molar-refractivity contribution in [2.24, 2.45) is 0 Å². The Morgan fingerprint density at radius 3 is 2.49 bits per heavy atom. The second-order valence-corrected chi connectivity index (χ2v) is 10.7. The van der Waals surface area contributed by atoms with Gasteiger partial charge in [-0.3, -0.25) is 0 Å². The first-order valence-electron chi connectivity index (χ1n) is 12.0. The number of methoxy groups -OCH3 is 1. The predicted octanol–water partition coefficient (Wildman–Crippen LogP) is 4.75. The van der Waals surface area contributed by atoms with Gasteiger partial charge in [-0.25, -0.2) is 13.7 Å². The zero-order valence-electron chi connectivity index (χ0n) is 20.9. The second-order valence-electron chi connectivity index (χ2n) is 10.7. The third kappa shape index (κ3) is 5.10. The van der Waals surface area contributed by atoms with E-state index < -0.39 is 42.0 Å². The average Bonchev–Trinajstić information content (AvgIpc) is 3.40. The maximum atomic E-state index is 14.3. The maximum absolute atomic E-state index is 14.3. The number of ether oxygens (including phenoxy) is 1. The van der Waals surface area contributed by atoms with E-state index in [1.54, 1.807) is 18.2 Å². The molecular weight excluding hydrogens is 492 g/mol. The normalized spacial score (nSPS) is 22.2. The fourth-order valence-corrected chi connectivity index (χ4v) is 5.49. The number of halogens is 4. The summed E-state index contributed by atoms with van der Waals surface area (Å²) in [5.41, 5.74) is -2.86. The summed E-state index contributed by atoms with van der Waals surface area (Å²) in [7, 11) is 1.35. The van der Waals surface area contributed by atoms with Crippen molar-refractivity contribution in [2.45, 2.75) is 56.4 Å². The Morgan fingerprint density at radius 2 is 1.89 bits per heavy atom. The van der Waals surface area contributed by atoms with Crippen molar-refractivity contribution in [3.05, 3.63) is 59.5 Å². The van der Waals surface area contributed by atoms with E-state index in [4.69, 9.17) is 4.74 Å². The third-order valence-corrected chi connectivity index (χ3v) is 7.41. The summed E-state index contributed by atoms with van der Waals surface area (Å²) in [5, 5.41) is 21.6. The zero-order valence-corrected chi connectivity index (χ0v) is 20.9. The van der Waals surface area contributed by atoms with Gasteiger partial charge in [0.05, 0.1) is 13.7 Å². The van der Waals surface area contributed by atoms with Crippen molar-refractivity contribution in [1.29, 1.82) is 0 Å². The van der Waals surface area contributed by atoms with E-state index in [2.05, 4.69) is 4.98 Å². The van der Waals surface area contributed by atoms with E-state index in [0.717, 1.165) is 18.5 Å². The summed E-state index contributed by atoms with van der Waals surface area (Å²) in [5.74, 6) is -0.388. The van der Waals surface area contributed by atoms with Gasteiger partial charge in [-0.2, -0.15) is 13.2 Å². The molecule has 2 aromatic carbocycles. The number of aromatic amines is 1. The molecule has 3 unspecified atom stereocenters. The molecule has 0 aliphatic carbocycles. The van der Waals surface area contributed by atoms with Crippen LogP contribution in [0.1, 0.15) is 37.9 Å². The summed E-state index contributed by atoms with van der Waals surface area (Å²) >= 11 is 0. The van der Waals surface area contributed by atoms with E-state index in [1.807, 2.05) is 0 Å². The minimum atomic E-state index is -4.98. The lowest BCUT2D eigenvalue weighted by atomic mass is 9.73. The van der Waals surface area contributed by atoms with Crippen molar-refractivity contribution in [2.75, 3.05) is 20.2 Å². The molecule has 2 heterocycles. The monoisotopic (exact) mass is 523 g/mol. The quantitative estimate of drug-likeness (QED) is 0.226. The predicted molar refractivity (Wildman–Crippen MR) is 132 cm³/mol. The van der Waals surface area contributed by atoms with Crippen molar-refractivity contribution in [1.82, 2.24) is 9.47 Å². The highest BCUT2D eigenvalue weighted by molar-refractivity contribution is 5.86. The van der Waals surface area contributed by atoms with Gasteiger partial charge in [0.1, 0.15) is 29.9 Å². The molecule has 0 spiro atoms. The number of aliphatic hydroxyl groups is 2. The summed E-state index contributed by atoms with van der Waals surface area (Å²) in [6.45, 7) is 3.68. The Morgan fingerprint density at radius 1 is 1.16 bits per heavy atom. The number of benzene rings is 2. The van der Waals surface area contributed by atoms with Gasteiger partial charge in [0, 0.05) is 47.1 Å². The number of hydrogen-bond donors (Lipinski definition) is 3. The lowest BCUT2D eigenvalue weighted by Crippen LogP contribution is -2.51. The van der Waals surface area contributed by atoms with Crippen molar-refractivity contribution < 1.29 is 37.3 Å². The molecule has 1 aliphatic rings. The molecule has 1 saturated heterocycles. The molecule has 3 aromatic rings. The summed E-state index contributed by atoms with van der Waals surface area (Å²) < 4.78 is 62.1. The number of aliphatic hydroxyl groups excluding tert-OH is 1. The first-order chi connectivity index (χ1) is 17.2. The highest BCUT2D eigenvalue weighted by Gasteiger charge is 2.56. The summed E-state index contributed by atoms with van der Waals surface area (Å²) in [6, 6.07) is 10.3. The van der Waals surface area contributed by atoms with Gasteiger partial charge in [0.25, 0.3) is 0 Å². The van der Waals surface area contributed by atoms with Crippen LogP contribution in [0.15, 0.2) is 42.5 Å². The minimum absolute atomic E-state index is 0.0617. The fraction of sp³-hybridized carbons (Fsp3) is 0.444. The molecule has 4 rings (SSSR count). The number of H-pyrrole nitrogens is 1. The van der Waals surface area contributed by atoms with Crippen LogP contribution in [0, 0.1) is 5.82 Å². The highest BCUT2D eigenvalue weighted by atomic mass is 19.4. The molecule has 1 fully saturated rings. The SMILES string of the molecule is COc1ccc(F)cc1C(C)(C)CC(O)(Cc1cc2cc([N+]3(C=O)CCC(O)C3)ccc2[nH]1)C(F)(F)F. The second kappa shape index (κ2) is 9.41. The van der Waals surface area contributed by atoms with Gasteiger partial charge in [0.2, 0.25) is 0 Å². The van der Waals surface area contributed by atoms with Crippen LogP contribution in [0.5, 0.6) is 5.75 Å². The van der Waals surface area contributed by atoms with Gasteiger partial charge < -0.3 is 19.9 Å². The van der Waals surface area contributed by atoms with Gasteiger partial charge >= 0.3 is 12.6 Å². The number of nitrogens with one attached hydrogen (secondary N) is 1. The molecule has 10 heteroatoms. The molecular formula is C27H31F4N2O4+. The highest BCUT2D eigenvalue weighted by Crippen LogP contribution is 2.45. The molecule has 3 atom stereocenters. The Bertz CT molecular complexity index is 1310. The first-order valence-corrected chi connectivity index (χ1v) is 12.0. The first kappa shape index (κ1) is 27.1. The van der Waals surface area contributed by atoms with Crippen LogP contribution in [0.2, 0.25) is 0 Å². The smallest absolute Gasteiger partial charge is 0.417 e. The number of alkyl halides is 3. The molecule has 6 nitrogen and oxygen atoms in total. The summed E-state index contributed by atoms with van der Waals surface area (Å²) in [4.78, 5) is 14.8. The van der Waals surface area contributed by atoms with Crippen LogP contribution in [0.4, 0.5) is 23.2 Å². The van der Waals surface area contributed by atoms with Crippen LogP contribution in [-0.4, -0.2) is 59.7 Å². The third-order valence-electron chi connectivity index (χ3n) is 7.41. The topological polar surface area (TPSA) is 82.6 Å². The number of hydrogen-bond acceptors (Lipinski definition) is 4. The number of fused-ring (bicyclic) bond motifs is 1. The van der Waals surface area contributed by atoms with Gasteiger partial charge in [-0.05, 0) is 42.2 Å². The van der Waals surface area contributed by atoms with Crippen LogP contribution in [-0.2, 0) is 16.6 Å². The fourth-order valence-electron chi connectivity index (χ4n) is 5.49. The number of rotatable bonds is 8. The number of nitrogens with zero attached hydrogens (tertiary/aromatic N) is 1. The molecule has 0 bridgehead atoms. The van der Waals surface area contributed by atoms with Crippen LogP contribution < -0.4 is 9.22 Å². The average molecular weight is 524 g/mol. The van der Waals surface area contributed by atoms with Crippen molar-refractivity contribution in [3.63, 3.8) is 0 Å². The molecule has 1 aromatic heterocycles. The number of carbonyl (C=O) groups is 1. The molecule has 1 aliphatic heterocycles. The molecule has 37 heavy (non-hydrogen) atoms. The Hall–Kier alpha value is -2.95. The number of aromatic nitrogens is 1. The minimum Gasteiger partial charge on any atom is -0.496 e. The lowest BCUT2D eigenvalue weighted by molar-refractivity contribution is -0.266. The largest absolute Gasteiger partial charge is 0.496 e. The van der Waals surface area contributed by atoms with Crippen molar-refractivity contribution in [3.8, 4) is 5.75 Å². The Labute approximate surface area is 212 Å². The number of likely N-dealkylation sites (tertiary alicyclic amines) is 1. The molecule has 1 amide bonds. The van der Waals surface area contributed by atoms with Gasteiger partial charge in [-0.1, -0.05) is 13.8 Å². The summed E-state index contributed by atoms with van der Waals surface area (Å²) in [6.07, 6.45) is -5.84. The Kier molecular flexibility index (Phi) is 6.89. The van der Waals surface area contributed by atoms with Crippen LogP contribution in [0.25, 0.3) is 10.9 Å². The van der Waals surface area contributed by atoms with Crippen molar-refractivity contribution >= 4 is 23.0 Å². The van der Waals surface area contributed by atoms with E-state index in [9.17, 15) is 32.6 Å². The van der Waals surface area contributed by atoms with E-state index in [-0.39, 0.29) is 28.0 Å². The Balaban J connectivity index is 1.67. The van der Waals surface area contributed by atoms with E-state index in [1.165, 1.54) is 33.1 Å². The van der Waals surface area contributed by atoms with Gasteiger partial charge in [0.15, 0.2) is 5.60 Å². The lowest BCUT2D eigenvalue weighted by Gasteiger charge is -2.38. The molecule has 200 valence electrons.